The van der Waals surface area contributed by atoms with Gasteiger partial charge in [-0.25, -0.2) is 13.8 Å². The molecule has 1 N–H and O–H groups in total. The van der Waals surface area contributed by atoms with E-state index in [2.05, 4.69) is 15.1 Å². The van der Waals surface area contributed by atoms with Gasteiger partial charge in [-0.3, -0.25) is 19.0 Å². The maximum atomic E-state index is 14.0. The Morgan fingerprint density at radius 1 is 1.20 bits per heavy atom. The van der Waals surface area contributed by atoms with Gasteiger partial charge < -0.3 is 0 Å². The van der Waals surface area contributed by atoms with E-state index >= 15 is 0 Å². The SMILES string of the molecule is Cc1cccc(-n2c(=S)[nH]c(=O)c3c(C(F)F)cc(-c4cn(C)nc4C)nc32)c1C. The highest BCUT2D eigenvalue weighted by molar-refractivity contribution is 7.71. The molecule has 0 amide bonds. The standard InChI is InChI=1S/C21H19F2N5OS/c1-10-6-5-7-16(11(10)2)28-19-17(20(29)25-21(28)30)13(18(22)23)8-15(24-19)14-9-27(4)26-12(14)3/h5-9,18H,1-4H3,(H,25,29,30). The summed E-state index contributed by atoms with van der Waals surface area (Å²) in [5.74, 6) is 0. The van der Waals surface area contributed by atoms with Crippen molar-refractivity contribution >= 4 is 23.3 Å². The van der Waals surface area contributed by atoms with Gasteiger partial charge in [-0.05, 0) is 56.2 Å². The molecule has 3 heterocycles. The zero-order chi connectivity index (χ0) is 21.7. The molecule has 0 unspecified atom stereocenters. The number of benzene rings is 1. The van der Waals surface area contributed by atoms with Crippen molar-refractivity contribution in [2.45, 2.75) is 27.2 Å². The molecule has 0 aliphatic heterocycles. The summed E-state index contributed by atoms with van der Waals surface area (Å²) in [5, 5.41) is 4.10. The fourth-order valence-corrected chi connectivity index (χ4v) is 3.90. The average molecular weight is 427 g/mol. The van der Waals surface area contributed by atoms with E-state index in [0.717, 1.165) is 11.1 Å². The van der Waals surface area contributed by atoms with Crippen LogP contribution in [0.5, 0.6) is 0 Å². The van der Waals surface area contributed by atoms with Gasteiger partial charge in [-0.1, -0.05) is 12.1 Å². The number of aromatic amines is 1. The van der Waals surface area contributed by atoms with Crippen molar-refractivity contribution in [2.75, 3.05) is 0 Å². The molecule has 6 nitrogen and oxygen atoms in total. The monoisotopic (exact) mass is 427 g/mol. The van der Waals surface area contributed by atoms with Crippen LogP contribution in [-0.4, -0.2) is 24.3 Å². The molecule has 0 atom stereocenters. The fraction of sp³-hybridized carbons (Fsp3) is 0.238. The first-order valence-corrected chi connectivity index (χ1v) is 9.65. The normalized spacial score (nSPS) is 11.6. The van der Waals surface area contributed by atoms with Crippen LogP contribution in [0.3, 0.4) is 0 Å². The minimum Gasteiger partial charge on any atom is -0.298 e. The minimum absolute atomic E-state index is 0.0912. The highest BCUT2D eigenvalue weighted by Crippen LogP contribution is 2.32. The predicted molar refractivity (Wildman–Crippen MR) is 114 cm³/mol. The molecule has 0 saturated carbocycles. The number of H-pyrrole nitrogens is 1. The molecule has 0 spiro atoms. The Balaban J connectivity index is 2.21. The molecular weight excluding hydrogens is 408 g/mol. The summed E-state index contributed by atoms with van der Waals surface area (Å²) in [4.78, 5) is 19.8. The first kappa shape index (κ1) is 20.1. The molecule has 1 aromatic carbocycles. The van der Waals surface area contributed by atoms with E-state index in [1.165, 1.54) is 6.07 Å². The van der Waals surface area contributed by atoms with E-state index in [-0.39, 0.29) is 15.8 Å². The molecule has 154 valence electrons. The Morgan fingerprint density at radius 2 is 1.93 bits per heavy atom. The second-order valence-electron chi connectivity index (χ2n) is 7.21. The van der Waals surface area contributed by atoms with Crippen LogP contribution in [0.15, 0.2) is 35.3 Å². The number of aryl methyl sites for hydroxylation is 3. The zero-order valence-electron chi connectivity index (χ0n) is 16.8. The van der Waals surface area contributed by atoms with E-state index in [1.807, 2.05) is 32.0 Å². The van der Waals surface area contributed by atoms with Crippen molar-refractivity contribution in [3.05, 3.63) is 68.0 Å². The lowest BCUT2D eigenvalue weighted by atomic mass is 10.1. The summed E-state index contributed by atoms with van der Waals surface area (Å²) in [5.41, 5.74) is 3.16. The molecular formula is C21H19F2N5OS. The molecule has 0 fully saturated rings. The van der Waals surface area contributed by atoms with Crippen molar-refractivity contribution in [2.24, 2.45) is 7.05 Å². The van der Waals surface area contributed by atoms with E-state index in [4.69, 9.17) is 12.2 Å². The van der Waals surface area contributed by atoms with Crippen LogP contribution in [-0.2, 0) is 7.05 Å². The molecule has 3 aromatic heterocycles. The minimum atomic E-state index is -2.87. The number of rotatable bonds is 3. The fourth-order valence-electron chi connectivity index (χ4n) is 3.62. The zero-order valence-corrected chi connectivity index (χ0v) is 17.6. The van der Waals surface area contributed by atoms with Gasteiger partial charge >= 0.3 is 0 Å². The number of hydrogen-bond acceptors (Lipinski definition) is 4. The van der Waals surface area contributed by atoms with Crippen LogP contribution in [0, 0.1) is 25.5 Å². The lowest BCUT2D eigenvalue weighted by molar-refractivity contribution is 0.153. The van der Waals surface area contributed by atoms with Crippen LogP contribution >= 0.6 is 12.2 Å². The van der Waals surface area contributed by atoms with Gasteiger partial charge in [0.15, 0.2) is 10.4 Å². The Hall–Kier alpha value is -3.20. The largest absolute Gasteiger partial charge is 0.298 e. The van der Waals surface area contributed by atoms with Gasteiger partial charge in [0, 0.05) is 24.4 Å². The van der Waals surface area contributed by atoms with Crippen LogP contribution in [0.4, 0.5) is 8.78 Å². The number of halogens is 2. The molecule has 0 bridgehead atoms. The van der Waals surface area contributed by atoms with Gasteiger partial charge in [0.1, 0.15) is 0 Å². The number of alkyl halides is 2. The Kier molecular flexibility index (Phi) is 4.85. The number of fused-ring (bicyclic) bond motifs is 1. The van der Waals surface area contributed by atoms with Crippen LogP contribution < -0.4 is 5.56 Å². The lowest BCUT2D eigenvalue weighted by Gasteiger charge is -2.16. The third kappa shape index (κ3) is 3.15. The molecule has 0 aliphatic carbocycles. The van der Waals surface area contributed by atoms with Crippen molar-refractivity contribution in [1.82, 2.24) is 24.3 Å². The molecule has 0 radical (unpaired) electrons. The quantitative estimate of drug-likeness (QED) is 0.481. The highest BCUT2D eigenvalue weighted by atomic mass is 32.1. The number of nitrogens with one attached hydrogen (secondary N) is 1. The summed E-state index contributed by atoms with van der Waals surface area (Å²) in [7, 11) is 1.74. The van der Waals surface area contributed by atoms with E-state index in [9.17, 15) is 13.6 Å². The smallest absolute Gasteiger partial charge is 0.264 e. The van der Waals surface area contributed by atoms with E-state index in [0.29, 0.717) is 22.6 Å². The maximum Gasteiger partial charge on any atom is 0.264 e. The van der Waals surface area contributed by atoms with Gasteiger partial charge in [0.05, 0.1) is 22.5 Å². The second-order valence-corrected chi connectivity index (χ2v) is 7.60. The molecule has 0 saturated heterocycles. The Labute approximate surface area is 175 Å². The van der Waals surface area contributed by atoms with Gasteiger partial charge in [0.2, 0.25) is 0 Å². The van der Waals surface area contributed by atoms with Crippen molar-refractivity contribution in [1.29, 1.82) is 0 Å². The number of aromatic nitrogens is 5. The highest BCUT2D eigenvalue weighted by Gasteiger charge is 2.22. The van der Waals surface area contributed by atoms with Crippen LogP contribution in [0.25, 0.3) is 28.0 Å². The first-order valence-electron chi connectivity index (χ1n) is 9.24. The summed E-state index contributed by atoms with van der Waals surface area (Å²) < 4.78 is 31.3. The van der Waals surface area contributed by atoms with E-state index < -0.39 is 17.5 Å². The maximum absolute atomic E-state index is 14.0. The van der Waals surface area contributed by atoms with Crippen molar-refractivity contribution in [3.63, 3.8) is 0 Å². The second kappa shape index (κ2) is 7.24. The molecule has 9 heteroatoms. The van der Waals surface area contributed by atoms with Crippen molar-refractivity contribution < 1.29 is 8.78 Å². The van der Waals surface area contributed by atoms with Gasteiger partial charge in [-0.2, -0.15) is 5.10 Å². The summed E-state index contributed by atoms with van der Waals surface area (Å²) in [6, 6.07) is 6.86. The third-order valence-corrected chi connectivity index (χ3v) is 5.52. The molecule has 0 aliphatic rings. The Bertz CT molecular complexity index is 1420. The third-order valence-electron chi connectivity index (χ3n) is 5.23. The Morgan fingerprint density at radius 3 is 2.57 bits per heavy atom. The lowest BCUT2D eigenvalue weighted by Crippen LogP contribution is -2.17. The molecule has 4 rings (SSSR count). The topological polar surface area (TPSA) is 68.5 Å². The number of hydrogen-bond donors (Lipinski definition) is 1. The summed E-state index contributed by atoms with van der Waals surface area (Å²) in [6.07, 6.45) is -1.15. The van der Waals surface area contributed by atoms with Crippen LogP contribution in [0.2, 0.25) is 0 Å². The molecule has 30 heavy (non-hydrogen) atoms. The molecule has 4 aromatic rings. The number of nitrogens with zero attached hydrogens (tertiary/aromatic N) is 4. The van der Waals surface area contributed by atoms with Gasteiger partial charge in [0.25, 0.3) is 12.0 Å². The summed E-state index contributed by atoms with van der Waals surface area (Å²) in [6.45, 7) is 5.63. The van der Waals surface area contributed by atoms with Gasteiger partial charge in [-0.15, -0.1) is 0 Å². The summed E-state index contributed by atoms with van der Waals surface area (Å²) >= 11 is 5.41. The van der Waals surface area contributed by atoms with Crippen LogP contribution in [0.1, 0.15) is 28.8 Å². The number of pyridine rings is 1. The first-order chi connectivity index (χ1) is 14.2. The van der Waals surface area contributed by atoms with E-state index in [1.54, 1.807) is 29.4 Å². The average Bonchev–Trinajstić information content (AvgIpc) is 3.02. The predicted octanol–water partition coefficient (Wildman–Crippen LogP) is 4.71. The van der Waals surface area contributed by atoms with Crippen molar-refractivity contribution in [3.8, 4) is 16.9 Å².